The monoisotopic (exact) mass is 302 g/mol. The molecule has 4 heteroatoms. The van der Waals surface area contributed by atoms with Crippen LogP contribution in [0.5, 0.6) is 5.75 Å². The van der Waals surface area contributed by atoms with Gasteiger partial charge in [0.25, 0.3) is 0 Å². The SMILES string of the molecule is Cc1ccc(OCCC(=O)NC2CC3CCC(C2)N3)c(C)c1. The van der Waals surface area contributed by atoms with Crippen molar-refractivity contribution in [2.45, 2.75) is 64.1 Å². The number of nitrogens with one attached hydrogen (secondary N) is 2. The number of piperidine rings is 1. The van der Waals surface area contributed by atoms with E-state index >= 15 is 0 Å². The number of amides is 1. The van der Waals surface area contributed by atoms with Gasteiger partial charge in [0.15, 0.2) is 0 Å². The normalized spacial score (nSPS) is 26.7. The lowest BCUT2D eigenvalue weighted by molar-refractivity contribution is -0.122. The molecule has 0 saturated carbocycles. The number of hydrogen-bond acceptors (Lipinski definition) is 3. The number of rotatable bonds is 5. The van der Waals surface area contributed by atoms with E-state index in [1.54, 1.807) is 0 Å². The number of ether oxygens (including phenoxy) is 1. The highest BCUT2D eigenvalue weighted by molar-refractivity contribution is 5.76. The van der Waals surface area contributed by atoms with Crippen LogP contribution in [-0.4, -0.2) is 30.6 Å². The highest BCUT2D eigenvalue weighted by atomic mass is 16.5. The summed E-state index contributed by atoms with van der Waals surface area (Å²) < 4.78 is 5.73. The zero-order valence-corrected chi connectivity index (χ0v) is 13.5. The quantitative estimate of drug-likeness (QED) is 0.878. The Bertz CT molecular complexity index is 532. The predicted octanol–water partition coefficient (Wildman–Crippen LogP) is 2.47. The summed E-state index contributed by atoms with van der Waals surface area (Å²) in [7, 11) is 0. The van der Waals surface area contributed by atoms with E-state index in [1.165, 1.54) is 18.4 Å². The second-order valence-corrected chi connectivity index (χ2v) is 6.74. The smallest absolute Gasteiger partial charge is 0.223 e. The summed E-state index contributed by atoms with van der Waals surface area (Å²) in [6, 6.07) is 7.67. The molecule has 2 saturated heterocycles. The standard InChI is InChI=1S/C18H26N2O2/c1-12-3-6-17(13(2)9-12)22-8-7-18(21)20-16-10-14-4-5-15(11-16)19-14/h3,6,9,14-16,19H,4-5,7-8,10-11H2,1-2H3,(H,20,21). The summed E-state index contributed by atoms with van der Waals surface area (Å²) >= 11 is 0. The molecule has 2 fully saturated rings. The lowest BCUT2D eigenvalue weighted by Crippen LogP contribution is -2.48. The highest BCUT2D eigenvalue weighted by Crippen LogP contribution is 2.26. The Balaban J connectivity index is 1.41. The third-order valence-electron chi connectivity index (χ3n) is 4.76. The van der Waals surface area contributed by atoms with E-state index in [-0.39, 0.29) is 5.91 Å². The second-order valence-electron chi connectivity index (χ2n) is 6.74. The topological polar surface area (TPSA) is 50.4 Å². The van der Waals surface area contributed by atoms with E-state index in [1.807, 2.05) is 19.1 Å². The Hall–Kier alpha value is -1.55. The Morgan fingerprint density at radius 3 is 2.68 bits per heavy atom. The van der Waals surface area contributed by atoms with Gasteiger partial charge in [-0.1, -0.05) is 17.7 Å². The third-order valence-corrected chi connectivity index (χ3v) is 4.76. The molecule has 2 atom stereocenters. The fraction of sp³-hybridized carbons (Fsp3) is 0.611. The summed E-state index contributed by atoms with van der Waals surface area (Å²) in [5.74, 6) is 0.981. The molecule has 1 aromatic carbocycles. The van der Waals surface area contributed by atoms with Gasteiger partial charge in [-0.3, -0.25) is 4.79 Å². The number of carbonyl (C=O) groups excluding carboxylic acids is 1. The van der Waals surface area contributed by atoms with Gasteiger partial charge in [0, 0.05) is 18.1 Å². The van der Waals surface area contributed by atoms with Crippen molar-refractivity contribution in [1.82, 2.24) is 10.6 Å². The van der Waals surface area contributed by atoms with Crippen LogP contribution in [0.4, 0.5) is 0 Å². The molecule has 22 heavy (non-hydrogen) atoms. The van der Waals surface area contributed by atoms with E-state index in [2.05, 4.69) is 23.6 Å². The zero-order chi connectivity index (χ0) is 15.5. The fourth-order valence-corrected chi connectivity index (χ4v) is 3.69. The molecule has 0 aliphatic carbocycles. The number of carbonyl (C=O) groups is 1. The number of hydrogen-bond donors (Lipinski definition) is 2. The molecule has 1 amide bonds. The van der Waals surface area contributed by atoms with E-state index < -0.39 is 0 Å². The van der Waals surface area contributed by atoms with Crippen molar-refractivity contribution in [1.29, 1.82) is 0 Å². The van der Waals surface area contributed by atoms with Crippen LogP contribution in [-0.2, 0) is 4.79 Å². The van der Waals surface area contributed by atoms with Crippen LogP contribution in [0.15, 0.2) is 18.2 Å². The summed E-state index contributed by atoms with van der Waals surface area (Å²) in [4.78, 5) is 12.1. The van der Waals surface area contributed by atoms with E-state index in [0.29, 0.717) is 31.2 Å². The second kappa shape index (κ2) is 6.69. The molecule has 120 valence electrons. The van der Waals surface area contributed by atoms with Gasteiger partial charge in [-0.25, -0.2) is 0 Å². The van der Waals surface area contributed by atoms with Crippen LogP contribution in [0.25, 0.3) is 0 Å². The first-order chi connectivity index (χ1) is 10.6. The molecule has 4 nitrogen and oxygen atoms in total. The highest BCUT2D eigenvalue weighted by Gasteiger charge is 2.33. The van der Waals surface area contributed by atoms with Crippen molar-refractivity contribution in [2.75, 3.05) is 6.61 Å². The maximum absolute atomic E-state index is 12.1. The molecule has 3 rings (SSSR count). The average molecular weight is 302 g/mol. The maximum Gasteiger partial charge on any atom is 0.223 e. The number of fused-ring (bicyclic) bond motifs is 2. The summed E-state index contributed by atoms with van der Waals surface area (Å²) in [6.07, 6.45) is 5.08. The molecule has 2 unspecified atom stereocenters. The van der Waals surface area contributed by atoms with Crippen molar-refractivity contribution in [3.8, 4) is 5.75 Å². The Kier molecular flexibility index (Phi) is 4.67. The van der Waals surface area contributed by atoms with Gasteiger partial charge in [-0.05, 0) is 51.2 Å². The largest absolute Gasteiger partial charge is 0.493 e. The van der Waals surface area contributed by atoms with Crippen molar-refractivity contribution in [3.63, 3.8) is 0 Å². The lowest BCUT2D eigenvalue weighted by Gasteiger charge is -2.29. The molecule has 2 bridgehead atoms. The lowest BCUT2D eigenvalue weighted by atomic mass is 10.00. The number of benzene rings is 1. The van der Waals surface area contributed by atoms with Gasteiger partial charge >= 0.3 is 0 Å². The average Bonchev–Trinajstić information content (AvgIpc) is 2.80. The third kappa shape index (κ3) is 3.80. The van der Waals surface area contributed by atoms with Gasteiger partial charge in [0.1, 0.15) is 5.75 Å². The Morgan fingerprint density at radius 2 is 2.00 bits per heavy atom. The van der Waals surface area contributed by atoms with E-state index in [0.717, 1.165) is 24.2 Å². The van der Waals surface area contributed by atoms with E-state index in [9.17, 15) is 4.79 Å². The first kappa shape index (κ1) is 15.3. The van der Waals surface area contributed by atoms with Crippen LogP contribution in [0.3, 0.4) is 0 Å². The Labute approximate surface area is 132 Å². The van der Waals surface area contributed by atoms with Gasteiger partial charge in [-0.2, -0.15) is 0 Å². The molecule has 1 aromatic rings. The van der Waals surface area contributed by atoms with Gasteiger partial charge < -0.3 is 15.4 Å². The first-order valence-corrected chi connectivity index (χ1v) is 8.35. The summed E-state index contributed by atoms with van der Waals surface area (Å²) in [5.41, 5.74) is 2.35. The maximum atomic E-state index is 12.1. The van der Waals surface area contributed by atoms with Gasteiger partial charge in [0.2, 0.25) is 5.91 Å². The van der Waals surface area contributed by atoms with E-state index in [4.69, 9.17) is 4.74 Å². The fourth-order valence-electron chi connectivity index (χ4n) is 3.69. The minimum Gasteiger partial charge on any atom is -0.493 e. The van der Waals surface area contributed by atoms with Crippen LogP contribution < -0.4 is 15.4 Å². The van der Waals surface area contributed by atoms with Crippen LogP contribution in [0.2, 0.25) is 0 Å². The Morgan fingerprint density at radius 1 is 1.27 bits per heavy atom. The molecule has 2 N–H and O–H groups in total. The minimum atomic E-state index is 0.107. The molecule has 0 spiro atoms. The zero-order valence-electron chi connectivity index (χ0n) is 13.5. The molecule has 0 aromatic heterocycles. The van der Waals surface area contributed by atoms with Crippen molar-refractivity contribution in [2.24, 2.45) is 0 Å². The van der Waals surface area contributed by atoms with Crippen LogP contribution in [0, 0.1) is 13.8 Å². The molecular formula is C18H26N2O2. The van der Waals surface area contributed by atoms with Crippen molar-refractivity contribution in [3.05, 3.63) is 29.3 Å². The number of aryl methyl sites for hydroxylation is 2. The summed E-state index contributed by atoms with van der Waals surface area (Å²) in [5, 5.41) is 6.76. The molecular weight excluding hydrogens is 276 g/mol. The predicted molar refractivity (Wildman–Crippen MR) is 87.1 cm³/mol. The van der Waals surface area contributed by atoms with Crippen molar-refractivity contribution >= 4 is 5.91 Å². The van der Waals surface area contributed by atoms with Gasteiger partial charge in [-0.15, -0.1) is 0 Å². The minimum absolute atomic E-state index is 0.107. The van der Waals surface area contributed by atoms with Gasteiger partial charge in [0.05, 0.1) is 13.0 Å². The molecule has 2 aliphatic heterocycles. The summed E-state index contributed by atoms with van der Waals surface area (Å²) in [6.45, 7) is 4.54. The van der Waals surface area contributed by atoms with Crippen LogP contribution >= 0.6 is 0 Å². The molecule has 0 radical (unpaired) electrons. The molecule has 2 aliphatic rings. The first-order valence-electron chi connectivity index (χ1n) is 8.35. The van der Waals surface area contributed by atoms with Crippen molar-refractivity contribution < 1.29 is 9.53 Å². The molecule has 2 heterocycles. The van der Waals surface area contributed by atoms with Crippen LogP contribution in [0.1, 0.15) is 43.2 Å².